The molecule has 0 radical (unpaired) electrons. The van der Waals surface area contributed by atoms with Gasteiger partial charge in [0.05, 0.1) is 5.52 Å². The van der Waals surface area contributed by atoms with Crippen molar-refractivity contribution in [2.45, 2.75) is 78.2 Å². The maximum atomic E-state index is 13.6. The standard InChI is InChI=1S/C38H48N4O3/c1-25(2)36(43)31-15-14-29-17-20-41(21-18-30(29)22-31)24-28-12-10-27(11-13-28)23-39-37(44)35-8-5-19-42(35)38(45)33-6-4-7-34-32(33)16-9-26(3)40-34/h4,6-7,9,14-16,22,25,27-28,35H,5,8,10-13,17-21,23-24H2,1-3H3,(H,39,44)/t27?,28?,35-/m1/s1. The van der Waals surface area contributed by atoms with Crippen molar-refractivity contribution >= 4 is 28.5 Å². The number of ketones is 1. The molecule has 6 rings (SSSR count). The van der Waals surface area contributed by atoms with Gasteiger partial charge < -0.3 is 15.1 Å². The number of likely N-dealkylation sites (tertiary alicyclic amines) is 1. The number of benzene rings is 2. The number of pyridine rings is 1. The second kappa shape index (κ2) is 13.8. The smallest absolute Gasteiger partial charge is 0.255 e. The molecule has 3 aliphatic rings. The van der Waals surface area contributed by atoms with Crippen LogP contribution in [0.25, 0.3) is 10.9 Å². The summed E-state index contributed by atoms with van der Waals surface area (Å²) < 4.78 is 0. The average Bonchev–Trinajstić information content (AvgIpc) is 3.46. The van der Waals surface area contributed by atoms with Crippen LogP contribution < -0.4 is 5.32 Å². The molecule has 2 aliphatic heterocycles. The highest BCUT2D eigenvalue weighted by Gasteiger charge is 2.35. The van der Waals surface area contributed by atoms with Gasteiger partial charge in [-0.15, -0.1) is 0 Å². The van der Waals surface area contributed by atoms with Crippen molar-refractivity contribution in [2.24, 2.45) is 17.8 Å². The zero-order chi connectivity index (χ0) is 31.5. The average molecular weight is 609 g/mol. The molecule has 0 bridgehead atoms. The first-order valence-corrected chi connectivity index (χ1v) is 17.1. The topological polar surface area (TPSA) is 82.6 Å². The first-order valence-electron chi connectivity index (χ1n) is 17.1. The number of rotatable bonds is 8. The van der Waals surface area contributed by atoms with Crippen LogP contribution in [0.4, 0.5) is 0 Å². The van der Waals surface area contributed by atoms with Crippen molar-refractivity contribution < 1.29 is 14.4 Å². The monoisotopic (exact) mass is 608 g/mol. The highest BCUT2D eigenvalue weighted by Crippen LogP contribution is 2.31. The molecule has 1 saturated carbocycles. The molecular weight excluding hydrogens is 560 g/mol. The van der Waals surface area contributed by atoms with Crippen LogP contribution in [0.3, 0.4) is 0 Å². The van der Waals surface area contributed by atoms with Gasteiger partial charge in [0.15, 0.2) is 5.78 Å². The molecule has 2 amide bonds. The summed E-state index contributed by atoms with van der Waals surface area (Å²) in [6.07, 6.45) is 8.26. The molecule has 45 heavy (non-hydrogen) atoms. The summed E-state index contributed by atoms with van der Waals surface area (Å²) in [7, 11) is 0. The summed E-state index contributed by atoms with van der Waals surface area (Å²) in [6, 6.07) is 15.5. The van der Waals surface area contributed by atoms with Gasteiger partial charge >= 0.3 is 0 Å². The fourth-order valence-electron chi connectivity index (χ4n) is 7.67. The number of fused-ring (bicyclic) bond motifs is 2. The van der Waals surface area contributed by atoms with Gasteiger partial charge in [0.25, 0.3) is 5.91 Å². The minimum atomic E-state index is -0.408. The Bertz CT molecular complexity index is 1560. The number of nitrogens with one attached hydrogen (secondary N) is 1. The van der Waals surface area contributed by atoms with Gasteiger partial charge in [-0.2, -0.15) is 0 Å². The lowest BCUT2D eigenvalue weighted by atomic mass is 9.81. The molecule has 1 saturated heterocycles. The van der Waals surface area contributed by atoms with E-state index in [0.29, 0.717) is 36.9 Å². The van der Waals surface area contributed by atoms with Crippen LogP contribution in [0.1, 0.15) is 89.9 Å². The SMILES string of the molecule is Cc1ccc2c(C(=O)N3CCC[C@@H]3C(=O)NCC3CCC(CN4CCc5ccc(C(=O)C(C)C)cc5CC4)CC3)cccc2n1. The number of hydrogen-bond donors (Lipinski definition) is 1. The molecule has 2 aromatic carbocycles. The van der Waals surface area contributed by atoms with Crippen molar-refractivity contribution in [2.75, 3.05) is 32.7 Å². The molecule has 3 aromatic rings. The fraction of sp³-hybridized carbons (Fsp3) is 0.526. The van der Waals surface area contributed by atoms with Gasteiger partial charge in [0.1, 0.15) is 6.04 Å². The lowest BCUT2D eigenvalue weighted by molar-refractivity contribution is -0.125. The van der Waals surface area contributed by atoms with E-state index in [4.69, 9.17) is 0 Å². The Morgan fingerprint density at radius 1 is 0.889 bits per heavy atom. The van der Waals surface area contributed by atoms with Crippen molar-refractivity contribution in [1.29, 1.82) is 0 Å². The second-order valence-electron chi connectivity index (χ2n) is 13.9. The molecule has 1 aliphatic carbocycles. The van der Waals surface area contributed by atoms with Crippen molar-refractivity contribution in [3.8, 4) is 0 Å². The maximum absolute atomic E-state index is 13.6. The molecule has 0 spiro atoms. The number of aryl methyl sites for hydroxylation is 1. The molecule has 1 N–H and O–H groups in total. The van der Waals surface area contributed by atoms with Crippen molar-refractivity contribution in [3.05, 3.63) is 76.5 Å². The summed E-state index contributed by atoms with van der Waals surface area (Å²) in [5.74, 6) is 1.35. The summed E-state index contributed by atoms with van der Waals surface area (Å²) in [4.78, 5) is 48.4. The first kappa shape index (κ1) is 31.4. The minimum absolute atomic E-state index is 0.0143. The summed E-state index contributed by atoms with van der Waals surface area (Å²) in [5, 5.41) is 4.07. The normalized spacial score (nSPS) is 22.3. The molecule has 7 heteroatoms. The van der Waals surface area contributed by atoms with Gasteiger partial charge in [-0.1, -0.05) is 38.1 Å². The molecular formula is C38H48N4O3. The van der Waals surface area contributed by atoms with E-state index < -0.39 is 6.04 Å². The fourth-order valence-corrected chi connectivity index (χ4v) is 7.67. The zero-order valence-electron chi connectivity index (χ0n) is 27.2. The molecule has 3 heterocycles. The molecule has 1 atom stereocenters. The summed E-state index contributed by atoms with van der Waals surface area (Å²) in [6.45, 7) is 10.4. The third-order valence-electron chi connectivity index (χ3n) is 10.4. The quantitative estimate of drug-likeness (QED) is 0.317. The van der Waals surface area contributed by atoms with E-state index in [1.54, 1.807) is 4.90 Å². The van der Waals surface area contributed by atoms with Crippen LogP contribution in [0.15, 0.2) is 48.5 Å². The Hall–Kier alpha value is -3.58. The molecule has 238 valence electrons. The van der Waals surface area contributed by atoms with Crippen LogP contribution in [-0.2, 0) is 17.6 Å². The predicted octanol–water partition coefficient (Wildman–Crippen LogP) is 6.01. The highest BCUT2D eigenvalue weighted by atomic mass is 16.2. The third-order valence-corrected chi connectivity index (χ3v) is 10.4. The highest BCUT2D eigenvalue weighted by molar-refractivity contribution is 6.07. The Morgan fingerprint density at radius 2 is 1.64 bits per heavy atom. The number of aromatic nitrogens is 1. The van der Waals surface area contributed by atoms with Crippen molar-refractivity contribution in [3.63, 3.8) is 0 Å². The van der Waals surface area contributed by atoms with Crippen molar-refractivity contribution in [1.82, 2.24) is 20.1 Å². The van der Waals surface area contributed by atoms with E-state index in [0.717, 1.165) is 73.9 Å². The molecule has 1 aromatic heterocycles. The first-order chi connectivity index (χ1) is 21.8. The molecule has 0 unspecified atom stereocenters. The van der Waals surface area contributed by atoms with E-state index in [2.05, 4.69) is 27.3 Å². The van der Waals surface area contributed by atoms with Crippen LogP contribution >= 0.6 is 0 Å². The van der Waals surface area contributed by atoms with E-state index in [1.807, 2.05) is 57.2 Å². The van der Waals surface area contributed by atoms with Crippen LogP contribution in [0.5, 0.6) is 0 Å². The number of carbonyl (C=O) groups is 3. The van der Waals surface area contributed by atoms with Crippen LogP contribution in [0, 0.1) is 24.7 Å². The lowest BCUT2D eigenvalue weighted by Crippen LogP contribution is -2.47. The minimum Gasteiger partial charge on any atom is -0.354 e. The largest absolute Gasteiger partial charge is 0.354 e. The Labute approximate surface area is 267 Å². The van der Waals surface area contributed by atoms with E-state index in [-0.39, 0.29) is 23.5 Å². The van der Waals surface area contributed by atoms with Gasteiger partial charge in [0, 0.05) is 60.8 Å². The number of Topliss-reactive ketones (excluding diaryl/α,β-unsaturated/α-hetero) is 1. The lowest BCUT2D eigenvalue weighted by Gasteiger charge is -2.33. The van der Waals surface area contributed by atoms with Crippen LogP contribution in [0.2, 0.25) is 0 Å². The molecule has 7 nitrogen and oxygen atoms in total. The Kier molecular flexibility index (Phi) is 9.64. The number of nitrogens with zero attached hydrogens (tertiary/aromatic N) is 3. The number of hydrogen-bond acceptors (Lipinski definition) is 5. The van der Waals surface area contributed by atoms with Gasteiger partial charge in [0.2, 0.25) is 5.91 Å². The number of amides is 2. The van der Waals surface area contributed by atoms with E-state index in [1.165, 1.54) is 24.0 Å². The number of carbonyl (C=O) groups excluding carboxylic acids is 3. The second-order valence-corrected chi connectivity index (χ2v) is 13.9. The van der Waals surface area contributed by atoms with Gasteiger partial charge in [-0.05, 0) is 106 Å². The molecule has 2 fully saturated rings. The Balaban J connectivity index is 0.964. The predicted molar refractivity (Wildman–Crippen MR) is 178 cm³/mol. The van der Waals surface area contributed by atoms with Gasteiger partial charge in [-0.3, -0.25) is 19.4 Å². The van der Waals surface area contributed by atoms with Crippen LogP contribution in [-0.4, -0.2) is 71.1 Å². The zero-order valence-corrected chi connectivity index (χ0v) is 27.2. The van der Waals surface area contributed by atoms with E-state index >= 15 is 0 Å². The Morgan fingerprint density at radius 3 is 2.42 bits per heavy atom. The summed E-state index contributed by atoms with van der Waals surface area (Å²) in [5.41, 5.74) is 5.94. The third kappa shape index (κ3) is 7.14. The van der Waals surface area contributed by atoms with Gasteiger partial charge in [-0.25, -0.2) is 0 Å². The van der Waals surface area contributed by atoms with E-state index in [9.17, 15) is 14.4 Å². The summed E-state index contributed by atoms with van der Waals surface area (Å²) >= 11 is 0. The maximum Gasteiger partial charge on any atom is 0.255 e.